The molecule has 100 valence electrons. The quantitative estimate of drug-likeness (QED) is 0.457. The van der Waals surface area contributed by atoms with E-state index in [-0.39, 0.29) is 6.16 Å². The molecule has 0 fully saturated rings. The van der Waals surface area contributed by atoms with Gasteiger partial charge in [-0.3, -0.25) is 14.2 Å². The first-order valence-corrected chi connectivity index (χ1v) is 7.14. The van der Waals surface area contributed by atoms with Gasteiger partial charge in [0.05, 0.1) is 12.8 Å². The van der Waals surface area contributed by atoms with Crippen LogP contribution in [0.15, 0.2) is 0 Å². The third-order valence-electron chi connectivity index (χ3n) is 2.04. The molecule has 0 heterocycles. The van der Waals surface area contributed by atoms with Gasteiger partial charge in [0.25, 0.3) is 7.52 Å². The van der Waals surface area contributed by atoms with E-state index in [1.807, 2.05) is 6.92 Å². The lowest BCUT2D eigenvalue weighted by Gasteiger charge is -2.19. The van der Waals surface area contributed by atoms with Gasteiger partial charge in [-0.1, -0.05) is 13.3 Å². The zero-order valence-corrected chi connectivity index (χ0v) is 10.5. The zero-order valence-electron chi connectivity index (χ0n) is 9.63. The van der Waals surface area contributed by atoms with Crippen molar-refractivity contribution in [1.29, 1.82) is 0 Å². The van der Waals surface area contributed by atoms with Gasteiger partial charge in [-0.25, -0.2) is 5.09 Å². The minimum absolute atomic E-state index is 0.0131. The number of unbranched alkanes of at least 4 members (excludes halogenated alkanes) is 1. The van der Waals surface area contributed by atoms with Crippen LogP contribution in [0.1, 0.15) is 32.6 Å². The van der Waals surface area contributed by atoms with Gasteiger partial charge >= 0.3 is 11.9 Å². The lowest BCUT2D eigenvalue weighted by Crippen LogP contribution is -2.32. The van der Waals surface area contributed by atoms with E-state index < -0.39 is 38.3 Å². The van der Waals surface area contributed by atoms with Crippen molar-refractivity contribution in [3.8, 4) is 0 Å². The van der Waals surface area contributed by atoms with Crippen molar-refractivity contribution in [2.24, 2.45) is 0 Å². The van der Waals surface area contributed by atoms with Crippen LogP contribution in [-0.2, 0) is 14.2 Å². The van der Waals surface area contributed by atoms with E-state index in [4.69, 9.17) is 10.2 Å². The predicted molar refractivity (Wildman–Crippen MR) is 61.0 cm³/mol. The Hall–Kier alpha value is -0.910. The first-order valence-electron chi connectivity index (χ1n) is 5.30. The average molecular weight is 267 g/mol. The minimum atomic E-state index is -3.65. The maximum Gasteiger partial charge on any atom is 0.304 e. The van der Waals surface area contributed by atoms with Crippen LogP contribution in [0.25, 0.3) is 0 Å². The summed E-state index contributed by atoms with van der Waals surface area (Å²) in [6.07, 6.45) is 0.271. The Bertz CT molecular complexity index is 303. The van der Waals surface area contributed by atoms with Crippen LogP contribution in [-0.4, -0.2) is 39.2 Å². The van der Waals surface area contributed by atoms with E-state index in [0.717, 1.165) is 6.42 Å². The largest absolute Gasteiger partial charge is 0.481 e. The van der Waals surface area contributed by atoms with Crippen LogP contribution in [0.2, 0.25) is 0 Å². The van der Waals surface area contributed by atoms with Crippen LogP contribution in [0.3, 0.4) is 0 Å². The molecule has 0 amide bonds. The molecule has 1 unspecified atom stereocenters. The molecule has 0 radical (unpaired) electrons. The highest BCUT2D eigenvalue weighted by Crippen LogP contribution is 2.37. The summed E-state index contributed by atoms with van der Waals surface area (Å²) in [4.78, 5) is 30.5. The summed E-state index contributed by atoms with van der Waals surface area (Å²) in [6.45, 7) is 1.85. The molecule has 0 spiro atoms. The summed E-state index contributed by atoms with van der Waals surface area (Å²) in [5.74, 6) is -2.42. The van der Waals surface area contributed by atoms with Crippen LogP contribution >= 0.6 is 7.52 Å². The molecule has 0 aliphatic rings. The van der Waals surface area contributed by atoms with Crippen molar-refractivity contribution >= 4 is 19.5 Å². The van der Waals surface area contributed by atoms with E-state index >= 15 is 0 Å². The summed E-state index contributed by atoms with van der Waals surface area (Å²) >= 11 is 0. The second-order valence-corrected chi connectivity index (χ2v) is 5.91. The number of hydrogen-bond acceptors (Lipinski definition) is 3. The number of hydrogen-bond donors (Lipinski definition) is 4. The van der Waals surface area contributed by atoms with Gasteiger partial charge in [0.1, 0.15) is 0 Å². The van der Waals surface area contributed by atoms with Crippen LogP contribution < -0.4 is 5.09 Å². The molecule has 1 atom stereocenters. The monoisotopic (exact) mass is 267 g/mol. The molecule has 0 aliphatic carbocycles. The topological polar surface area (TPSA) is 124 Å². The van der Waals surface area contributed by atoms with Crippen LogP contribution in [0.5, 0.6) is 0 Å². The molecule has 0 aromatic rings. The molecule has 0 saturated heterocycles. The first kappa shape index (κ1) is 16.1. The van der Waals surface area contributed by atoms with Crippen molar-refractivity contribution < 1.29 is 29.3 Å². The summed E-state index contributed by atoms with van der Waals surface area (Å²) in [6, 6.07) is -1.03. The van der Waals surface area contributed by atoms with Gasteiger partial charge in [-0.15, -0.1) is 0 Å². The molecule has 8 heteroatoms. The Morgan fingerprint density at radius 3 is 2.06 bits per heavy atom. The van der Waals surface area contributed by atoms with Gasteiger partial charge < -0.3 is 15.1 Å². The summed E-state index contributed by atoms with van der Waals surface area (Å²) in [5, 5.41) is 19.4. The van der Waals surface area contributed by atoms with Gasteiger partial charge in [0.15, 0.2) is 0 Å². The van der Waals surface area contributed by atoms with Gasteiger partial charge in [-0.2, -0.15) is 0 Å². The molecule has 0 saturated carbocycles. The van der Waals surface area contributed by atoms with Crippen LogP contribution in [0, 0.1) is 0 Å². The predicted octanol–water partition coefficient (Wildman–Crippen LogP) is 0.880. The Morgan fingerprint density at radius 2 is 1.71 bits per heavy atom. The van der Waals surface area contributed by atoms with Crippen molar-refractivity contribution in [2.75, 3.05) is 6.16 Å². The second-order valence-electron chi connectivity index (χ2n) is 3.80. The zero-order chi connectivity index (χ0) is 13.5. The highest BCUT2D eigenvalue weighted by atomic mass is 31.2. The van der Waals surface area contributed by atoms with E-state index in [1.54, 1.807) is 0 Å². The van der Waals surface area contributed by atoms with Crippen molar-refractivity contribution in [3.05, 3.63) is 0 Å². The molecule has 17 heavy (non-hydrogen) atoms. The summed E-state index contributed by atoms with van der Waals surface area (Å²) < 4.78 is 11.6. The number of aliphatic carboxylic acids is 2. The fraction of sp³-hybridized carbons (Fsp3) is 0.778. The smallest absolute Gasteiger partial charge is 0.304 e. The molecular weight excluding hydrogens is 249 g/mol. The average Bonchev–Trinajstić information content (AvgIpc) is 2.11. The van der Waals surface area contributed by atoms with Crippen molar-refractivity contribution in [3.63, 3.8) is 0 Å². The molecule has 0 aliphatic heterocycles. The second kappa shape index (κ2) is 7.42. The third-order valence-corrected chi connectivity index (χ3v) is 3.73. The van der Waals surface area contributed by atoms with E-state index in [9.17, 15) is 19.0 Å². The number of carbonyl (C=O) groups is 2. The van der Waals surface area contributed by atoms with Gasteiger partial charge in [0, 0.05) is 12.2 Å². The fourth-order valence-corrected chi connectivity index (χ4v) is 2.93. The standard InChI is InChI=1S/C9H18NO6P/c1-2-3-4-17(15,16)10-7(5-8(11)12)6-9(13)14/h7H,2-6H2,1H3,(H,11,12)(H,13,14)(H2,10,15,16). The molecule has 0 aromatic carbocycles. The highest BCUT2D eigenvalue weighted by Gasteiger charge is 2.25. The maximum absolute atomic E-state index is 11.6. The summed E-state index contributed by atoms with van der Waals surface area (Å²) in [5.41, 5.74) is 0. The summed E-state index contributed by atoms with van der Waals surface area (Å²) in [7, 11) is -3.65. The number of carboxylic acids is 2. The number of nitrogens with one attached hydrogen (secondary N) is 1. The fourth-order valence-electron chi connectivity index (χ4n) is 1.31. The Morgan fingerprint density at radius 1 is 1.24 bits per heavy atom. The SMILES string of the molecule is CCCCP(=O)(O)NC(CC(=O)O)CC(=O)O. The minimum Gasteiger partial charge on any atom is -0.481 e. The van der Waals surface area contributed by atoms with Crippen molar-refractivity contribution in [2.45, 2.75) is 38.6 Å². The van der Waals surface area contributed by atoms with Gasteiger partial charge in [0.2, 0.25) is 0 Å². The Labute approximate surface area is 99.3 Å². The van der Waals surface area contributed by atoms with Gasteiger partial charge in [-0.05, 0) is 6.42 Å². The normalized spacial score (nSPS) is 14.5. The molecule has 7 nitrogen and oxygen atoms in total. The maximum atomic E-state index is 11.6. The molecular formula is C9H18NO6P. The first-order chi connectivity index (χ1) is 7.76. The van der Waals surface area contributed by atoms with Crippen molar-refractivity contribution in [1.82, 2.24) is 5.09 Å². The highest BCUT2D eigenvalue weighted by molar-refractivity contribution is 7.55. The van der Waals surface area contributed by atoms with E-state index in [1.165, 1.54) is 0 Å². The third kappa shape index (κ3) is 8.85. The van der Waals surface area contributed by atoms with Crippen LogP contribution in [0.4, 0.5) is 0 Å². The number of rotatable bonds is 9. The molecule has 4 N–H and O–H groups in total. The Kier molecular flexibility index (Phi) is 7.03. The van der Waals surface area contributed by atoms with E-state index in [2.05, 4.69) is 5.09 Å². The molecule has 0 rings (SSSR count). The number of carboxylic acid groups (broad SMARTS) is 2. The lowest BCUT2D eigenvalue weighted by molar-refractivity contribution is -0.139. The Balaban J connectivity index is 4.44. The van der Waals surface area contributed by atoms with E-state index in [0.29, 0.717) is 6.42 Å². The lowest BCUT2D eigenvalue weighted by atomic mass is 10.1. The molecule has 0 aromatic heterocycles. The molecule has 0 bridgehead atoms.